The molecule has 0 bridgehead atoms. The summed E-state index contributed by atoms with van der Waals surface area (Å²) < 4.78 is 5.76. The molecule has 4 aromatic rings. The van der Waals surface area contributed by atoms with E-state index in [4.69, 9.17) is 0 Å². The van der Waals surface area contributed by atoms with E-state index in [2.05, 4.69) is 47.7 Å². The molecule has 2 N–H and O–H groups in total. The Morgan fingerprint density at radius 1 is 1.26 bits per heavy atom. The first-order valence-electron chi connectivity index (χ1n) is 9.29. The van der Waals surface area contributed by atoms with Crippen LogP contribution in [0.15, 0.2) is 30.6 Å². The van der Waals surface area contributed by atoms with Gasteiger partial charge in [-0.05, 0) is 61.6 Å². The number of nitrogens with zero attached hydrogens (tertiary/aromatic N) is 5. The van der Waals surface area contributed by atoms with Crippen LogP contribution in [-0.4, -0.2) is 42.5 Å². The van der Waals surface area contributed by atoms with Crippen LogP contribution in [0.5, 0.6) is 0 Å². The number of piperidine rings is 1. The van der Waals surface area contributed by atoms with Crippen LogP contribution in [0.4, 0.5) is 11.5 Å². The van der Waals surface area contributed by atoms with Gasteiger partial charge >= 0.3 is 0 Å². The van der Waals surface area contributed by atoms with E-state index >= 15 is 0 Å². The van der Waals surface area contributed by atoms with Crippen LogP contribution >= 0.6 is 11.5 Å². The fraction of sp³-hybridized carbons (Fsp3) is 0.368. The molecule has 1 aliphatic heterocycles. The van der Waals surface area contributed by atoms with Gasteiger partial charge in [-0.1, -0.05) is 6.92 Å². The minimum absolute atomic E-state index is 0.707. The fourth-order valence-corrected chi connectivity index (χ4v) is 4.35. The normalized spacial score (nSPS) is 16.3. The van der Waals surface area contributed by atoms with Crippen molar-refractivity contribution in [1.82, 2.24) is 29.4 Å². The van der Waals surface area contributed by atoms with Crippen LogP contribution in [0, 0.1) is 5.92 Å². The van der Waals surface area contributed by atoms with Gasteiger partial charge in [0.2, 0.25) is 0 Å². The average Bonchev–Trinajstić information content (AvgIpc) is 3.28. The predicted octanol–water partition coefficient (Wildman–Crippen LogP) is 3.94. The summed E-state index contributed by atoms with van der Waals surface area (Å²) in [5.74, 6) is 1.55. The highest BCUT2D eigenvalue weighted by atomic mass is 32.1. The summed E-state index contributed by atoms with van der Waals surface area (Å²) in [6.07, 6.45) is 6.16. The molecule has 27 heavy (non-hydrogen) atoms. The molecule has 4 aromatic heterocycles. The first-order valence-corrected chi connectivity index (χ1v) is 10.1. The van der Waals surface area contributed by atoms with Gasteiger partial charge < -0.3 is 5.32 Å². The van der Waals surface area contributed by atoms with Crippen molar-refractivity contribution in [3.63, 3.8) is 0 Å². The van der Waals surface area contributed by atoms with Gasteiger partial charge in [0.25, 0.3) is 0 Å². The van der Waals surface area contributed by atoms with Gasteiger partial charge in [0.05, 0.1) is 27.8 Å². The van der Waals surface area contributed by atoms with E-state index in [0.29, 0.717) is 5.82 Å². The maximum atomic E-state index is 4.68. The molecular weight excluding hydrogens is 358 g/mol. The van der Waals surface area contributed by atoms with Crippen molar-refractivity contribution < 1.29 is 0 Å². The number of aromatic amines is 1. The zero-order valence-electron chi connectivity index (χ0n) is 15.1. The van der Waals surface area contributed by atoms with E-state index < -0.39 is 0 Å². The van der Waals surface area contributed by atoms with Gasteiger partial charge in [0.1, 0.15) is 11.0 Å². The smallest absolute Gasteiger partial charge is 0.178 e. The number of hydrogen-bond acceptors (Lipinski definition) is 7. The molecule has 8 heteroatoms. The lowest BCUT2D eigenvalue weighted by Gasteiger charge is -2.29. The number of nitrogens with one attached hydrogen (secondary N) is 2. The molecule has 0 aliphatic carbocycles. The molecule has 5 heterocycles. The maximum absolute atomic E-state index is 4.68. The Morgan fingerprint density at radius 3 is 3.04 bits per heavy atom. The molecule has 5 rings (SSSR count). The standard InChI is InChI=1S/C19H21N7S/c1-12-4-7-26(8-5-12)11-15-17-16(27-25-15)9-13(10-21-17)22-19-18-14(23-24-19)3-2-6-20-18/h2-3,6,9-10,12H,4-5,7-8,11H2,1H3,(H2,22,23,24). The molecule has 0 saturated carbocycles. The average molecular weight is 379 g/mol. The summed E-state index contributed by atoms with van der Waals surface area (Å²) in [6, 6.07) is 5.93. The van der Waals surface area contributed by atoms with Gasteiger partial charge in [-0.15, -0.1) is 0 Å². The van der Waals surface area contributed by atoms with Crippen molar-refractivity contribution in [1.29, 1.82) is 0 Å². The Balaban J connectivity index is 1.37. The summed E-state index contributed by atoms with van der Waals surface area (Å²) in [7, 11) is 0. The number of rotatable bonds is 4. The van der Waals surface area contributed by atoms with Gasteiger partial charge in [-0.25, -0.2) is 0 Å². The maximum Gasteiger partial charge on any atom is 0.178 e. The second kappa shape index (κ2) is 6.86. The highest BCUT2D eigenvalue weighted by Gasteiger charge is 2.18. The van der Waals surface area contributed by atoms with Gasteiger partial charge in [-0.2, -0.15) is 9.47 Å². The lowest BCUT2D eigenvalue weighted by Crippen LogP contribution is -2.32. The Kier molecular flexibility index (Phi) is 4.21. The summed E-state index contributed by atoms with van der Waals surface area (Å²) in [6.45, 7) is 5.53. The molecule has 0 radical (unpaired) electrons. The van der Waals surface area contributed by atoms with Crippen LogP contribution in [0.1, 0.15) is 25.5 Å². The summed E-state index contributed by atoms with van der Waals surface area (Å²) in [5.41, 5.74) is 4.72. The van der Waals surface area contributed by atoms with Crippen molar-refractivity contribution in [3.05, 3.63) is 36.3 Å². The van der Waals surface area contributed by atoms with Crippen LogP contribution in [0.2, 0.25) is 0 Å². The first kappa shape index (κ1) is 16.6. The largest absolute Gasteiger partial charge is 0.336 e. The SMILES string of the molecule is CC1CCN(Cc2nsc3cc(Nc4n[nH]c5cccnc45)cnc23)CC1. The van der Waals surface area contributed by atoms with E-state index in [0.717, 1.165) is 58.2 Å². The summed E-state index contributed by atoms with van der Waals surface area (Å²) in [5, 5.41) is 10.6. The Bertz CT molecular complexity index is 1080. The number of H-pyrrole nitrogens is 1. The van der Waals surface area contributed by atoms with Gasteiger partial charge in [-0.3, -0.25) is 20.0 Å². The van der Waals surface area contributed by atoms with Crippen LogP contribution in [0.25, 0.3) is 21.3 Å². The molecular formula is C19H21N7S. The molecule has 7 nitrogen and oxygen atoms in total. The molecule has 0 spiro atoms. The molecule has 138 valence electrons. The molecule has 0 atom stereocenters. The van der Waals surface area contributed by atoms with Gasteiger partial charge in [0.15, 0.2) is 5.82 Å². The lowest BCUT2D eigenvalue weighted by atomic mass is 9.99. The second-order valence-corrected chi connectivity index (χ2v) is 8.06. The van der Waals surface area contributed by atoms with E-state index in [-0.39, 0.29) is 0 Å². The number of likely N-dealkylation sites (tertiary alicyclic amines) is 1. The molecule has 1 aliphatic rings. The van der Waals surface area contributed by atoms with Crippen molar-refractivity contribution in [2.24, 2.45) is 5.92 Å². The highest BCUT2D eigenvalue weighted by Crippen LogP contribution is 2.28. The minimum atomic E-state index is 0.707. The monoisotopic (exact) mass is 379 g/mol. The Labute approximate surface area is 161 Å². The second-order valence-electron chi connectivity index (χ2n) is 7.26. The van der Waals surface area contributed by atoms with E-state index in [1.807, 2.05) is 18.3 Å². The van der Waals surface area contributed by atoms with Crippen molar-refractivity contribution in [2.75, 3.05) is 18.4 Å². The van der Waals surface area contributed by atoms with E-state index in [1.54, 1.807) is 6.20 Å². The third-order valence-electron chi connectivity index (χ3n) is 5.21. The van der Waals surface area contributed by atoms with Crippen LogP contribution in [0.3, 0.4) is 0 Å². The molecule has 1 saturated heterocycles. The number of anilines is 2. The van der Waals surface area contributed by atoms with E-state index in [1.165, 1.54) is 24.4 Å². The van der Waals surface area contributed by atoms with Crippen molar-refractivity contribution in [3.8, 4) is 0 Å². The Morgan fingerprint density at radius 2 is 2.15 bits per heavy atom. The number of hydrogen-bond donors (Lipinski definition) is 2. The van der Waals surface area contributed by atoms with Crippen molar-refractivity contribution in [2.45, 2.75) is 26.3 Å². The third kappa shape index (κ3) is 3.26. The highest BCUT2D eigenvalue weighted by molar-refractivity contribution is 7.13. The Hall–Kier alpha value is -2.58. The number of aromatic nitrogens is 5. The van der Waals surface area contributed by atoms with E-state index in [9.17, 15) is 0 Å². The topological polar surface area (TPSA) is 82.6 Å². The summed E-state index contributed by atoms with van der Waals surface area (Å²) >= 11 is 1.51. The van der Waals surface area contributed by atoms with Gasteiger partial charge in [0, 0.05) is 12.7 Å². The number of pyridine rings is 2. The molecule has 1 fully saturated rings. The number of fused-ring (bicyclic) bond motifs is 2. The zero-order chi connectivity index (χ0) is 18.2. The predicted molar refractivity (Wildman–Crippen MR) is 108 cm³/mol. The lowest BCUT2D eigenvalue weighted by molar-refractivity contribution is 0.184. The molecule has 0 aromatic carbocycles. The third-order valence-corrected chi connectivity index (χ3v) is 6.03. The van der Waals surface area contributed by atoms with Crippen molar-refractivity contribution >= 4 is 44.3 Å². The first-order chi connectivity index (χ1) is 13.3. The quantitative estimate of drug-likeness (QED) is 0.559. The van der Waals surface area contributed by atoms with Crippen LogP contribution < -0.4 is 5.32 Å². The molecule has 0 amide bonds. The zero-order valence-corrected chi connectivity index (χ0v) is 16.0. The van der Waals surface area contributed by atoms with Crippen LogP contribution in [-0.2, 0) is 6.54 Å². The summed E-state index contributed by atoms with van der Waals surface area (Å²) in [4.78, 5) is 11.6. The minimum Gasteiger partial charge on any atom is -0.336 e. The fourth-order valence-electron chi connectivity index (χ4n) is 3.56. The molecule has 0 unspecified atom stereocenters.